The maximum absolute atomic E-state index is 13.9. The van der Waals surface area contributed by atoms with Crippen LogP contribution in [0.2, 0.25) is 0 Å². The van der Waals surface area contributed by atoms with E-state index < -0.39 is 52.6 Å². The van der Waals surface area contributed by atoms with Gasteiger partial charge in [-0.2, -0.15) is 8.78 Å². The third-order valence-electron chi connectivity index (χ3n) is 5.89. The minimum Gasteiger partial charge on any atom is -0.493 e. The minimum absolute atomic E-state index is 0.0451. The molecule has 0 spiro atoms. The maximum atomic E-state index is 13.9. The number of furan rings is 1. The molecule has 4 aromatic rings. The highest BCUT2D eigenvalue weighted by molar-refractivity contribution is 6.11. The normalized spacial score (nSPS) is 11.8. The Hall–Kier alpha value is -4.61. The van der Waals surface area contributed by atoms with Crippen LogP contribution in [0.25, 0.3) is 11.0 Å². The van der Waals surface area contributed by atoms with E-state index in [2.05, 4.69) is 5.32 Å². The van der Waals surface area contributed by atoms with Gasteiger partial charge in [-0.25, -0.2) is 13.2 Å². The van der Waals surface area contributed by atoms with E-state index in [1.807, 2.05) is 0 Å². The van der Waals surface area contributed by atoms with Gasteiger partial charge in [-0.05, 0) is 44.2 Å². The van der Waals surface area contributed by atoms with Crippen molar-refractivity contribution in [3.8, 4) is 17.2 Å². The van der Waals surface area contributed by atoms with E-state index in [1.54, 1.807) is 25.1 Å². The van der Waals surface area contributed by atoms with Crippen molar-refractivity contribution in [1.29, 1.82) is 0 Å². The fourth-order valence-corrected chi connectivity index (χ4v) is 3.79. The molecule has 0 fully saturated rings. The van der Waals surface area contributed by atoms with Crippen molar-refractivity contribution in [3.05, 3.63) is 82.4 Å². The molecule has 7 nitrogen and oxygen atoms in total. The van der Waals surface area contributed by atoms with Crippen molar-refractivity contribution < 1.29 is 50.2 Å². The molecule has 1 N–H and O–H groups in total. The van der Waals surface area contributed by atoms with Crippen LogP contribution in [0.15, 0.2) is 40.8 Å². The van der Waals surface area contributed by atoms with Gasteiger partial charge in [0, 0.05) is 28.3 Å². The van der Waals surface area contributed by atoms with Gasteiger partial charge >= 0.3 is 0 Å². The molecule has 0 aliphatic heterocycles. The maximum Gasteiger partial charge on any atom is 0.265 e. The number of carbonyl (C=O) groups is 2. The number of hydrogen-bond donors (Lipinski definition) is 1. The Balaban J connectivity index is 1.56. The van der Waals surface area contributed by atoms with Gasteiger partial charge in [0.05, 0.1) is 14.2 Å². The second-order valence-electron chi connectivity index (χ2n) is 8.31. The summed E-state index contributed by atoms with van der Waals surface area (Å²) >= 11 is 0. The first-order valence-electron chi connectivity index (χ1n) is 11.3. The summed E-state index contributed by atoms with van der Waals surface area (Å²) in [6.07, 6.45) is -1.66. The summed E-state index contributed by atoms with van der Waals surface area (Å²) in [7, 11) is 2.90. The summed E-state index contributed by atoms with van der Waals surface area (Å²) in [5.41, 5.74) is 1.20. The molecule has 4 rings (SSSR count). The Morgan fingerprint density at radius 1 is 0.846 bits per heavy atom. The molecule has 39 heavy (non-hydrogen) atoms. The number of methoxy groups -OCH3 is 2. The number of ketones is 1. The number of halogens is 5. The molecule has 3 aromatic carbocycles. The van der Waals surface area contributed by atoms with Crippen molar-refractivity contribution in [2.24, 2.45) is 0 Å². The number of carbonyl (C=O) groups excluding carboxylic acids is 2. The van der Waals surface area contributed by atoms with Crippen molar-refractivity contribution in [3.63, 3.8) is 0 Å². The molecule has 1 amide bonds. The summed E-state index contributed by atoms with van der Waals surface area (Å²) in [5.74, 6) is -13.3. The van der Waals surface area contributed by atoms with E-state index >= 15 is 0 Å². The first kappa shape index (κ1) is 27.4. The highest BCUT2D eigenvalue weighted by Crippen LogP contribution is 2.33. The van der Waals surface area contributed by atoms with E-state index in [1.165, 1.54) is 32.4 Å². The van der Waals surface area contributed by atoms with Crippen molar-refractivity contribution in [2.45, 2.75) is 20.0 Å². The zero-order valence-electron chi connectivity index (χ0n) is 20.9. The molecular formula is C27H20F5NO6. The summed E-state index contributed by atoms with van der Waals surface area (Å²) in [6.45, 7) is 2.74. The molecule has 12 heteroatoms. The first-order valence-corrected chi connectivity index (χ1v) is 11.3. The Labute approximate surface area is 218 Å². The fourth-order valence-electron chi connectivity index (χ4n) is 3.79. The number of hydrogen-bond acceptors (Lipinski definition) is 6. The SMILES string of the molecule is COc1ccc(C(=O)c2oc3cc(NC(=O)C(C)Oc4c(F)c(F)c(F)c(F)c4F)ccc3c2C)cc1OC. The number of rotatable bonds is 8. The number of benzene rings is 3. The molecule has 0 aliphatic carbocycles. The van der Waals surface area contributed by atoms with Gasteiger partial charge in [0.1, 0.15) is 5.58 Å². The Bertz CT molecular complexity index is 1590. The van der Waals surface area contributed by atoms with Gasteiger partial charge < -0.3 is 23.9 Å². The third-order valence-corrected chi connectivity index (χ3v) is 5.89. The van der Waals surface area contributed by atoms with Crippen molar-refractivity contribution >= 4 is 28.3 Å². The fraction of sp³-hybridized carbons (Fsp3) is 0.185. The third kappa shape index (κ3) is 4.97. The van der Waals surface area contributed by atoms with Crippen LogP contribution in [-0.2, 0) is 4.79 Å². The largest absolute Gasteiger partial charge is 0.493 e. The molecule has 204 valence electrons. The zero-order chi connectivity index (χ0) is 28.6. The van der Waals surface area contributed by atoms with Crippen LogP contribution in [0.1, 0.15) is 28.6 Å². The van der Waals surface area contributed by atoms with E-state index in [-0.39, 0.29) is 22.6 Å². The van der Waals surface area contributed by atoms with Crippen molar-refractivity contribution in [1.82, 2.24) is 0 Å². The lowest BCUT2D eigenvalue weighted by Crippen LogP contribution is -2.31. The van der Waals surface area contributed by atoms with E-state index in [0.717, 1.165) is 6.92 Å². The van der Waals surface area contributed by atoms with Crippen LogP contribution < -0.4 is 19.5 Å². The average molecular weight is 549 g/mol. The standard InChI is InChI=1S/C27H20F5NO6/c1-11-15-7-6-14(33-27(35)12(2)38-26-22(31)20(29)19(28)21(30)23(26)32)10-17(15)39-25(11)24(34)13-5-8-16(36-3)18(9-13)37-4/h5-10,12H,1-4H3,(H,33,35). The quantitative estimate of drug-likeness (QED) is 0.124. The zero-order valence-corrected chi connectivity index (χ0v) is 20.9. The Kier molecular flexibility index (Phi) is 7.48. The van der Waals surface area contributed by atoms with Gasteiger partial charge in [-0.3, -0.25) is 9.59 Å². The molecule has 0 saturated carbocycles. The topological polar surface area (TPSA) is 87.0 Å². The molecule has 0 radical (unpaired) electrons. The highest BCUT2D eigenvalue weighted by Gasteiger charge is 2.29. The summed E-state index contributed by atoms with van der Waals surface area (Å²) in [6, 6.07) is 9.08. The van der Waals surface area contributed by atoms with Gasteiger partial charge in [-0.1, -0.05) is 0 Å². The first-order chi connectivity index (χ1) is 18.5. The molecule has 1 unspecified atom stereocenters. The number of ether oxygens (including phenoxy) is 3. The van der Waals surface area contributed by atoms with Gasteiger partial charge in [-0.15, -0.1) is 0 Å². The Morgan fingerprint density at radius 3 is 2.08 bits per heavy atom. The smallest absolute Gasteiger partial charge is 0.265 e. The second-order valence-corrected chi connectivity index (χ2v) is 8.31. The highest BCUT2D eigenvalue weighted by atomic mass is 19.2. The summed E-state index contributed by atoms with van der Waals surface area (Å²) in [4.78, 5) is 25.7. The number of nitrogens with one attached hydrogen (secondary N) is 1. The summed E-state index contributed by atoms with van der Waals surface area (Å²) < 4.78 is 88.9. The number of anilines is 1. The molecule has 0 bridgehead atoms. The predicted octanol–water partition coefficient (Wildman–Crippen LogP) is 6.09. The van der Waals surface area contributed by atoms with Crippen LogP contribution in [0.3, 0.4) is 0 Å². The summed E-state index contributed by atoms with van der Waals surface area (Å²) in [5, 5.41) is 2.98. The molecule has 0 saturated heterocycles. The van der Waals surface area contributed by atoms with Crippen LogP contribution in [0.4, 0.5) is 27.6 Å². The van der Waals surface area contributed by atoms with Crippen molar-refractivity contribution in [2.75, 3.05) is 19.5 Å². The van der Waals surface area contributed by atoms with Gasteiger partial charge in [0.25, 0.3) is 5.91 Å². The van der Waals surface area contributed by atoms with Crippen LogP contribution in [-0.4, -0.2) is 32.0 Å². The lowest BCUT2D eigenvalue weighted by Gasteiger charge is -2.16. The molecular weight excluding hydrogens is 529 g/mol. The number of fused-ring (bicyclic) bond motifs is 1. The molecule has 1 heterocycles. The Morgan fingerprint density at radius 2 is 1.46 bits per heavy atom. The number of aryl methyl sites for hydroxylation is 1. The van der Waals surface area contributed by atoms with Gasteiger partial charge in [0.15, 0.2) is 29.1 Å². The second kappa shape index (κ2) is 10.6. The lowest BCUT2D eigenvalue weighted by atomic mass is 10.0. The van der Waals surface area contributed by atoms with Crippen LogP contribution >= 0.6 is 0 Å². The van der Waals surface area contributed by atoms with Crippen LogP contribution in [0.5, 0.6) is 17.2 Å². The van der Waals surface area contributed by atoms with Gasteiger partial charge in [0.2, 0.25) is 34.9 Å². The molecule has 1 atom stereocenters. The monoisotopic (exact) mass is 549 g/mol. The minimum atomic E-state index is -2.35. The number of amides is 1. The predicted molar refractivity (Wildman–Crippen MR) is 129 cm³/mol. The van der Waals surface area contributed by atoms with Crippen LogP contribution in [0, 0.1) is 36.0 Å². The van der Waals surface area contributed by atoms with E-state index in [9.17, 15) is 31.5 Å². The molecule has 0 aliphatic rings. The van der Waals surface area contributed by atoms with E-state index in [0.29, 0.717) is 22.4 Å². The average Bonchev–Trinajstić information content (AvgIpc) is 3.27. The van der Waals surface area contributed by atoms with E-state index in [4.69, 9.17) is 18.6 Å². The lowest BCUT2D eigenvalue weighted by molar-refractivity contribution is -0.122. The molecule has 1 aromatic heterocycles.